The zero-order valence-electron chi connectivity index (χ0n) is 37.2. The van der Waals surface area contributed by atoms with Crippen molar-refractivity contribution in [3.63, 3.8) is 0 Å². The summed E-state index contributed by atoms with van der Waals surface area (Å²) < 4.78 is 31.1. The number of fused-ring (bicyclic) bond motifs is 2. The fraction of sp³-hybridized carbons (Fsp3) is 0.380. The normalized spacial score (nSPS) is 11.9. The number of nitro groups is 2. The van der Waals surface area contributed by atoms with Crippen LogP contribution in [0.25, 0.3) is 33.4 Å². The van der Waals surface area contributed by atoms with Crippen molar-refractivity contribution in [1.82, 2.24) is 4.58 Å². The summed E-state index contributed by atoms with van der Waals surface area (Å²) in [5.74, 6) is 0.970. The number of nitrogens with zero attached hydrogens (tertiary/aromatic N) is 4. The summed E-state index contributed by atoms with van der Waals surface area (Å²) in [6.45, 7) is 9.83. The molecular weight excluding hydrogens is 817 g/mol. The molecule has 0 radical (unpaired) electrons. The van der Waals surface area contributed by atoms with E-state index in [-0.39, 0.29) is 32.9 Å². The largest absolute Gasteiger partial charge is 0.507 e. The Hall–Kier alpha value is -6.19. The van der Waals surface area contributed by atoms with Gasteiger partial charge in [-0.1, -0.05) is 43.3 Å². The van der Waals surface area contributed by atoms with Crippen molar-refractivity contribution in [3.8, 4) is 28.2 Å². The zero-order chi connectivity index (χ0) is 45.4. The van der Waals surface area contributed by atoms with Gasteiger partial charge in [0.05, 0.1) is 42.3 Å². The van der Waals surface area contributed by atoms with Crippen molar-refractivity contribution in [2.45, 2.75) is 45.4 Å². The number of phenols is 1. The Morgan fingerprint density at radius 1 is 0.688 bits per heavy atom. The summed E-state index contributed by atoms with van der Waals surface area (Å²) in [6, 6.07) is 31.7. The van der Waals surface area contributed by atoms with E-state index in [2.05, 4.69) is 53.7 Å². The third-order valence-corrected chi connectivity index (χ3v) is 11.7. The molecule has 1 aliphatic heterocycles. The fourth-order valence-electron chi connectivity index (χ4n) is 8.02. The Labute approximate surface area is 373 Å². The molecule has 14 nitrogen and oxygen atoms in total. The van der Waals surface area contributed by atoms with Gasteiger partial charge < -0.3 is 33.4 Å². The number of phenolic OH excluding ortho intramolecular Hbond substituents is 1. The van der Waals surface area contributed by atoms with Crippen LogP contribution >= 0.6 is 0 Å². The predicted octanol–water partition coefficient (Wildman–Crippen LogP) is 9.02. The van der Waals surface area contributed by atoms with Gasteiger partial charge in [0.1, 0.15) is 30.3 Å². The standard InChI is InChI=1S/C50H58N4O10/c1-5-38(12-7-36-8-14-40(15-9-36)53(56)57)39-13-20-44(47(55)33-39)50-45-21-18-42(51(6-2)24-23-37-10-16-41(17-11-37)54(58)59)34-48(45)64-49-35-43(19-22-46(49)50)52(25-27-62-31-29-60-3)26-28-63-32-30-61-4/h8-11,13-22,33-35,38H,5-7,12,23-32H2,1-4H3/p+1. The quantitative estimate of drug-likeness (QED) is 0.0192. The maximum atomic E-state index is 11.9. The van der Waals surface area contributed by atoms with E-state index in [0.29, 0.717) is 82.6 Å². The first-order chi connectivity index (χ1) is 31.1. The molecule has 0 spiro atoms. The first-order valence-electron chi connectivity index (χ1n) is 21.9. The molecule has 0 aromatic heterocycles. The van der Waals surface area contributed by atoms with E-state index in [4.69, 9.17) is 23.4 Å². The summed E-state index contributed by atoms with van der Waals surface area (Å²) in [6.07, 6.45) is 3.12. The molecule has 64 heavy (non-hydrogen) atoms. The van der Waals surface area contributed by atoms with Gasteiger partial charge in [-0.3, -0.25) is 20.2 Å². The molecular formula is C50H59N4O10+. The van der Waals surface area contributed by atoms with Crippen LogP contribution in [0, 0.1) is 20.2 Å². The number of benzene rings is 5. The highest BCUT2D eigenvalue weighted by Crippen LogP contribution is 2.45. The molecule has 0 saturated carbocycles. The van der Waals surface area contributed by atoms with Crippen molar-refractivity contribution in [2.24, 2.45) is 0 Å². The van der Waals surface area contributed by atoms with E-state index < -0.39 is 0 Å². The van der Waals surface area contributed by atoms with Crippen LogP contribution in [0.2, 0.25) is 0 Å². The van der Waals surface area contributed by atoms with Gasteiger partial charge >= 0.3 is 0 Å². The lowest BCUT2D eigenvalue weighted by atomic mass is 9.87. The molecule has 1 N–H and O–H groups in total. The number of non-ortho nitro benzene ring substituents is 2. The molecule has 14 heteroatoms. The molecule has 1 unspecified atom stereocenters. The van der Waals surface area contributed by atoms with Crippen LogP contribution in [-0.2, 0) is 31.8 Å². The van der Waals surface area contributed by atoms with Crippen LogP contribution < -0.4 is 14.8 Å². The highest BCUT2D eigenvalue weighted by atomic mass is 16.6. The smallest absolute Gasteiger partial charge is 0.269 e. The van der Waals surface area contributed by atoms with Crippen molar-refractivity contribution >= 4 is 28.0 Å². The number of likely N-dealkylation sites (N-methyl/N-ethyl adjacent to an activating group) is 1. The molecule has 0 amide bonds. The van der Waals surface area contributed by atoms with Gasteiger partial charge in [0, 0.05) is 91.5 Å². The topological polar surface area (TPSA) is 163 Å². The van der Waals surface area contributed by atoms with E-state index in [1.165, 1.54) is 12.1 Å². The first-order valence-corrected chi connectivity index (χ1v) is 21.9. The number of aryl methyl sites for hydroxylation is 1. The number of aromatic hydroxyl groups is 1. The molecule has 2 aliphatic rings. The Kier molecular flexibility index (Phi) is 17.4. The molecule has 1 heterocycles. The average molecular weight is 876 g/mol. The van der Waals surface area contributed by atoms with Gasteiger partial charge in [0.25, 0.3) is 11.4 Å². The van der Waals surface area contributed by atoms with Gasteiger partial charge in [-0.25, -0.2) is 4.58 Å². The van der Waals surface area contributed by atoms with Crippen LogP contribution in [0.1, 0.15) is 49.3 Å². The van der Waals surface area contributed by atoms with Crippen LogP contribution in [-0.4, -0.2) is 95.0 Å². The van der Waals surface area contributed by atoms with E-state index in [9.17, 15) is 25.3 Å². The van der Waals surface area contributed by atoms with Gasteiger partial charge in [-0.15, -0.1) is 0 Å². The number of hydrogen-bond donors (Lipinski definition) is 1. The summed E-state index contributed by atoms with van der Waals surface area (Å²) in [5.41, 5.74) is 7.18. The van der Waals surface area contributed by atoms with Crippen molar-refractivity contribution < 1.29 is 38.3 Å². The Bertz CT molecular complexity index is 2490. The van der Waals surface area contributed by atoms with Gasteiger partial charge in [0.15, 0.2) is 13.1 Å². The Morgan fingerprint density at radius 2 is 1.30 bits per heavy atom. The monoisotopic (exact) mass is 875 g/mol. The second-order valence-corrected chi connectivity index (χ2v) is 15.6. The van der Waals surface area contributed by atoms with Crippen LogP contribution in [0.4, 0.5) is 17.1 Å². The minimum atomic E-state index is -0.389. The van der Waals surface area contributed by atoms with Crippen molar-refractivity contribution in [2.75, 3.05) is 84.9 Å². The molecule has 6 rings (SSSR count). The average Bonchev–Trinajstić information content (AvgIpc) is 3.30. The predicted molar refractivity (Wildman–Crippen MR) is 249 cm³/mol. The van der Waals surface area contributed by atoms with Crippen molar-refractivity contribution in [1.29, 1.82) is 0 Å². The fourth-order valence-corrected chi connectivity index (χ4v) is 8.02. The highest BCUT2D eigenvalue weighted by Gasteiger charge is 2.23. The lowest BCUT2D eigenvalue weighted by Crippen LogP contribution is -2.36. The number of hydrogen-bond acceptors (Lipinski definition) is 11. The second kappa shape index (κ2) is 23.5. The zero-order valence-corrected chi connectivity index (χ0v) is 37.2. The van der Waals surface area contributed by atoms with Crippen LogP contribution in [0.3, 0.4) is 0 Å². The molecule has 1 atom stereocenters. The van der Waals surface area contributed by atoms with E-state index >= 15 is 0 Å². The lowest BCUT2D eigenvalue weighted by Gasteiger charge is -2.24. The summed E-state index contributed by atoms with van der Waals surface area (Å²) in [5, 5.41) is 36.1. The third kappa shape index (κ3) is 12.3. The third-order valence-electron chi connectivity index (χ3n) is 11.7. The molecule has 338 valence electrons. The first kappa shape index (κ1) is 47.3. The minimum absolute atomic E-state index is 0.0675. The number of ether oxygens (including phenoxy) is 4. The van der Waals surface area contributed by atoms with Crippen molar-refractivity contribution in [3.05, 3.63) is 145 Å². The minimum Gasteiger partial charge on any atom is -0.507 e. The molecule has 4 aromatic rings. The summed E-state index contributed by atoms with van der Waals surface area (Å²) in [4.78, 5) is 23.9. The van der Waals surface area contributed by atoms with Gasteiger partial charge in [-0.05, 0) is 79.5 Å². The summed E-state index contributed by atoms with van der Waals surface area (Å²) >= 11 is 0. The van der Waals surface area contributed by atoms with Crippen LogP contribution in [0.15, 0.2) is 108 Å². The summed E-state index contributed by atoms with van der Waals surface area (Å²) in [7, 11) is 3.30. The maximum absolute atomic E-state index is 11.9. The molecule has 1 aliphatic carbocycles. The molecule has 0 bridgehead atoms. The number of anilines is 1. The SMILES string of the molecule is CCC(CCc1ccc([N+](=O)[O-])cc1)c1ccc(-c2c3ccc(=[N+](CCOCCOC)CCOCCOC)cc-3oc3cc(N(CC)CCc4ccc([N+](=O)[O-])cc4)ccc23)c(O)c1. The second-order valence-electron chi connectivity index (χ2n) is 15.6. The Morgan fingerprint density at radius 3 is 1.86 bits per heavy atom. The van der Waals surface area contributed by atoms with E-state index in [1.807, 2.05) is 36.4 Å². The molecule has 4 aromatic carbocycles. The van der Waals surface area contributed by atoms with Crippen LogP contribution in [0.5, 0.6) is 5.75 Å². The maximum Gasteiger partial charge on any atom is 0.269 e. The van der Waals surface area contributed by atoms with Gasteiger partial charge in [0.2, 0.25) is 5.36 Å². The Balaban J connectivity index is 1.39. The highest BCUT2D eigenvalue weighted by molar-refractivity contribution is 6.03. The number of methoxy groups -OCH3 is 2. The number of rotatable bonds is 25. The molecule has 0 fully saturated rings. The number of nitro benzene ring substituents is 2. The lowest BCUT2D eigenvalue weighted by molar-refractivity contribution is -0.385. The van der Waals surface area contributed by atoms with E-state index in [1.54, 1.807) is 38.5 Å². The van der Waals surface area contributed by atoms with Gasteiger partial charge in [-0.2, -0.15) is 0 Å². The van der Waals surface area contributed by atoms with E-state index in [0.717, 1.165) is 70.1 Å². The molecule has 0 saturated heterocycles.